The van der Waals surface area contributed by atoms with Crippen LogP contribution in [0.2, 0.25) is 0 Å². The Bertz CT molecular complexity index is 660. The fraction of sp³-hybridized carbons (Fsp3) is 0.222. The number of anilines is 2. The number of hydrogen-bond donors (Lipinski definition) is 2. The number of carbonyl (C=O) groups is 1. The average Bonchev–Trinajstić information content (AvgIpc) is 2.54. The molecule has 0 heterocycles. The first-order valence-corrected chi connectivity index (χ1v) is 7.44. The van der Waals surface area contributed by atoms with Crippen molar-refractivity contribution in [3.63, 3.8) is 0 Å². The highest BCUT2D eigenvalue weighted by atomic mass is 16.2. The Balaban J connectivity index is 1.77. The number of rotatable bonds is 6. The average molecular weight is 310 g/mol. The van der Waals surface area contributed by atoms with Crippen LogP contribution in [-0.2, 0) is 4.79 Å². The van der Waals surface area contributed by atoms with Crippen LogP contribution in [0.25, 0.3) is 0 Å². The molecule has 0 aliphatic heterocycles. The predicted molar refractivity (Wildman–Crippen MR) is 96.2 cm³/mol. The lowest BCUT2D eigenvalue weighted by Crippen LogP contribution is -2.24. The molecule has 2 aromatic carbocycles. The Hall–Kier alpha value is -2.82. The van der Waals surface area contributed by atoms with E-state index in [0.717, 1.165) is 22.5 Å². The van der Waals surface area contributed by atoms with Gasteiger partial charge in [-0.1, -0.05) is 29.8 Å². The number of benzene rings is 2. The summed E-state index contributed by atoms with van der Waals surface area (Å²) in [6, 6.07) is 15.7. The van der Waals surface area contributed by atoms with Crippen molar-refractivity contribution in [2.45, 2.75) is 6.92 Å². The zero-order valence-corrected chi connectivity index (χ0v) is 13.7. The summed E-state index contributed by atoms with van der Waals surface area (Å²) in [6.45, 7) is 2.13. The summed E-state index contributed by atoms with van der Waals surface area (Å²) in [6.07, 6.45) is 1.69. The Kier molecular flexibility index (Phi) is 5.74. The molecule has 0 aliphatic rings. The van der Waals surface area contributed by atoms with Crippen LogP contribution in [0.1, 0.15) is 11.1 Å². The van der Waals surface area contributed by atoms with E-state index in [9.17, 15) is 4.79 Å². The van der Waals surface area contributed by atoms with Gasteiger partial charge in [-0.05, 0) is 36.8 Å². The van der Waals surface area contributed by atoms with Crippen molar-refractivity contribution >= 4 is 23.5 Å². The zero-order valence-electron chi connectivity index (χ0n) is 13.7. The normalized spacial score (nSPS) is 10.6. The molecule has 0 saturated carbocycles. The molecule has 0 aliphatic carbocycles. The van der Waals surface area contributed by atoms with E-state index in [-0.39, 0.29) is 12.5 Å². The van der Waals surface area contributed by atoms with Gasteiger partial charge in [0.25, 0.3) is 0 Å². The van der Waals surface area contributed by atoms with Crippen LogP contribution in [0, 0.1) is 6.92 Å². The molecule has 5 nitrogen and oxygen atoms in total. The molecule has 1 amide bonds. The van der Waals surface area contributed by atoms with Gasteiger partial charge in [0, 0.05) is 25.5 Å². The van der Waals surface area contributed by atoms with Crippen LogP contribution in [0.4, 0.5) is 11.4 Å². The Morgan fingerprint density at radius 2 is 1.74 bits per heavy atom. The maximum Gasteiger partial charge on any atom is 0.245 e. The minimum Gasteiger partial charge on any atom is -0.378 e. The van der Waals surface area contributed by atoms with E-state index in [1.807, 2.05) is 74.4 Å². The zero-order chi connectivity index (χ0) is 16.7. The summed E-state index contributed by atoms with van der Waals surface area (Å²) >= 11 is 0. The van der Waals surface area contributed by atoms with Crippen LogP contribution in [-0.4, -0.2) is 32.8 Å². The molecule has 0 radical (unpaired) electrons. The minimum atomic E-state index is -0.131. The number of hydrogen-bond acceptors (Lipinski definition) is 4. The lowest BCUT2D eigenvalue weighted by atomic mass is 10.2. The van der Waals surface area contributed by atoms with Crippen molar-refractivity contribution in [3.8, 4) is 0 Å². The second-order valence-electron chi connectivity index (χ2n) is 5.49. The van der Waals surface area contributed by atoms with Gasteiger partial charge in [-0.15, -0.1) is 0 Å². The van der Waals surface area contributed by atoms with Crippen LogP contribution in [0.15, 0.2) is 53.6 Å². The molecule has 5 heteroatoms. The Morgan fingerprint density at radius 3 is 2.35 bits per heavy atom. The molecule has 0 bridgehead atoms. The van der Waals surface area contributed by atoms with E-state index in [0.29, 0.717) is 0 Å². The van der Waals surface area contributed by atoms with Crippen molar-refractivity contribution in [2.24, 2.45) is 5.10 Å². The quantitative estimate of drug-likeness (QED) is 0.637. The van der Waals surface area contributed by atoms with Crippen molar-refractivity contribution in [1.82, 2.24) is 5.43 Å². The molecule has 0 unspecified atom stereocenters. The van der Waals surface area contributed by atoms with E-state index in [1.54, 1.807) is 6.21 Å². The molecule has 0 spiro atoms. The lowest BCUT2D eigenvalue weighted by molar-refractivity contribution is -0.115. The van der Waals surface area contributed by atoms with Crippen LogP contribution < -0.4 is 15.6 Å². The summed E-state index contributed by atoms with van der Waals surface area (Å²) < 4.78 is 0. The second kappa shape index (κ2) is 7.98. The van der Waals surface area contributed by atoms with E-state index in [1.165, 1.54) is 0 Å². The largest absolute Gasteiger partial charge is 0.378 e. The molecule has 0 fully saturated rings. The summed E-state index contributed by atoms with van der Waals surface area (Å²) in [7, 11) is 3.99. The molecule has 0 saturated heterocycles. The molecule has 0 aromatic heterocycles. The van der Waals surface area contributed by atoms with Crippen molar-refractivity contribution in [2.75, 3.05) is 30.9 Å². The maximum atomic E-state index is 11.8. The van der Waals surface area contributed by atoms with Gasteiger partial charge in [-0.2, -0.15) is 5.10 Å². The molecular formula is C18H22N4O. The standard InChI is InChI=1S/C18H22N4O/c1-14-4-8-16(9-5-14)21-18(23)13-20-19-12-15-6-10-17(11-7-15)22(2)3/h4-12,20H,13H2,1-3H3,(H,21,23)/b19-12+. The highest BCUT2D eigenvalue weighted by Gasteiger charge is 2.00. The summed E-state index contributed by atoms with van der Waals surface area (Å²) in [5, 5.41) is 6.87. The molecule has 0 atom stereocenters. The van der Waals surface area contributed by atoms with Gasteiger partial charge in [0.15, 0.2) is 0 Å². The number of aryl methyl sites for hydroxylation is 1. The first kappa shape index (κ1) is 16.5. The second-order valence-corrected chi connectivity index (χ2v) is 5.49. The lowest BCUT2D eigenvalue weighted by Gasteiger charge is -2.11. The Labute approximate surface area is 137 Å². The highest BCUT2D eigenvalue weighted by Crippen LogP contribution is 2.11. The SMILES string of the molecule is Cc1ccc(NC(=O)CN/N=C/c2ccc(N(C)C)cc2)cc1. The first-order valence-electron chi connectivity index (χ1n) is 7.44. The molecule has 2 N–H and O–H groups in total. The van der Waals surface area contributed by atoms with Crippen LogP contribution in [0.3, 0.4) is 0 Å². The smallest absolute Gasteiger partial charge is 0.245 e. The third-order valence-corrected chi connectivity index (χ3v) is 3.29. The number of carbonyl (C=O) groups excluding carboxylic acids is 1. The summed E-state index contributed by atoms with van der Waals surface area (Å²) in [5.74, 6) is -0.131. The topological polar surface area (TPSA) is 56.7 Å². The fourth-order valence-corrected chi connectivity index (χ4v) is 1.94. The van der Waals surface area contributed by atoms with E-state index in [4.69, 9.17) is 0 Å². The van der Waals surface area contributed by atoms with Gasteiger partial charge in [0.05, 0.1) is 6.21 Å². The van der Waals surface area contributed by atoms with Crippen LogP contribution >= 0.6 is 0 Å². The van der Waals surface area contributed by atoms with E-state index < -0.39 is 0 Å². The van der Waals surface area contributed by atoms with E-state index >= 15 is 0 Å². The summed E-state index contributed by atoms with van der Waals surface area (Å²) in [4.78, 5) is 13.8. The van der Waals surface area contributed by atoms with Crippen molar-refractivity contribution < 1.29 is 4.79 Å². The third kappa shape index (κ3) is 5.47. The maximum absolute atomic E-state index is 11.8. The van der Waals surface area contributed by atoms with Gasteiger partial charge in [0.2, 0.25) is 5.91 Å². The molecule has 2 rings (SSSR count). The fourth-order valence-electron chi connectivity index (χ4n) is 1.94. The molecular weight excluding hydrogens is 288 g/mol. The first-order chi connectivity index (χ1) is 11.0. The van der Waals surface area contributed by atoms with Crippen molar-refractivity contribution in [1.29, 1.82) is 0 Å². The molecule has 2 aromatic rings. The van der Waals surface area contributed by atoms with Gasteiger partial charge < -0.3 is 15.6 Å². The highest BCUT2D eigenvalue weighted by molar-refractivity contribution is 5.92. The summed E-state index contributed by atoms with van der Waals surface area (Å²) in [5.41, 5.74) is 6.80. The van der Waals surface area contributed by atoms with Gasteiger partial charge in [0.1, 0.15) is 6.54 Å². The van der Waals surface area contributed by atoms with Crippen molar-refractivity contribution in [3.05, 3.63) is 59.7 Å². The Morgan fingerprint density at radius 1 is 1.09 bits per heavy atom. The van der Waals surface area contributed by atoms with Gasteiger partial charge in [-0.3, -0.25) is 4.79 Å². The number of nitrogens with one attached hydrogen (secondary N) is 2. The van der Waals surface area contributed by atoms with Gasteiger partial charge in [-0.25, -0.2) is 0 Å². The molecule has 120 valence electrons. The molecule has 23 heavy (non-hydrogen) atoms. The number of hydrazone groups is 1. The number of nitrogens with zero attached hydrogens (tertiary/aromatic N) is 2. The number of amides is 1. The monoisotopic (exact) mass is 310 g/mol. The predicted octanol–water partition coefficient (Wildman–Crippen LogP) is 2.62. The third-order valence-electron chi connectivity index (χ3n) is 3.29. The van der Waals surface area contributed by atoms with Gasteiger partial charge >= 0.3 is 0 Å². The van der Waals surface area contributed by atoms with E-state index in [2.05, 4.69) is 15.8 Å². The minimum absolute atomic E-state index is 0.125. The van der Waals surface area contributed by atoms with Crippen LogP contribution in [0.5, 0.6) is 0 Å².